The van der Waals surface area contributed by atoms with Crippen LogP contribution in [0.15, 0.2) is 36.4 Å². The molecule has 0 saturated heterocycles. The summed E-state index contributed by atoms with van der Waals surface area (Å²) in [5.41, 5.74) is 0.945. The maximum atomic E-state index is 12.7. The molecule has 0 aliphatic heterocycles. The van der Waals surface area contributed by atoms with E-state index in [4.69, 9.17) is 19.3 Å². The number of ether oxygens (including phenoxy) is 3. The second-order valence-corrected chi connectivity index (χ2v) is 6.68. The fraction of sp³-hybridized carbons (Fsp3) is 0.333. The number of carbonyl (C=O) groups is 2. The average molecular weight is 387 g/mol. The van der Waals surface area contributed by atoms with E-state index in [1.54, 1.807) is 12.1 Å². The summed E-state index contributed by atoms with van der Waals surface area (Å²) in [5, 5.41) is 11.7. The predicted octanol–water partition coefficient (Wildman–Crippen LogP) is 4.22. The third-order valence-electron chi connectivity index (χ3n) is 3.60. The zero-order valence-electron chi connectivity index (χ0n) is 16.6. The molecule has 7 nitrogen and oxygen atoms in total. The molecule has 0 saturated carbocycles. The molecule has 0 fully saturated rings. The summed E-state index contributed by atoms with van der Waals surface area (Å²) < 4.78 is 17.0. The van der Waals surface area contributed by atoms with Crippen LogP contribution in [0.3, 0.4) is 0 Å². The number of aromatic carboxylic acids is 1. The number of carboxylic acids is 1. The van der Waals surface area contributed by atoms with Crippen molar-refractivity contribution in [3.63, 3.8) is 0 Å². The Morgan fingerprint density at radius 2 is 1.39 bits per heavy atom. The molecule has 0 spiro atoms. The van der Waals surface area contributed by atoms with Crippen LogP contribution < -0.4 is 19.5 Å². The topological polar surface area (TPSA) is 94.1 Å². The second kappa shape index (κ2) is 9.12. The molecule has 150 valence electrons. The fourth-order valence-corrected chi connectivity index (χ4v) is 2.49. The first-order valence-electron chi connectivity index (χ1n) is 8.91. The summed E-state index contributed by atoms with van der Waals surface area (Å²) in [6, 6.07) is 9.09. The highest BCUT2D eigenvalue weighted by Crippen LogP contribution is 2.40. The molecule has 2 aromatic rings. The van der Waals surface area contributed by atoms with Crippen molar-refractivity contribution in [2.24, 2.45) is 0 Å². The number of rotatable bonds is 8. The lowest BCUT2D eigenvalue weighted by Crippen LogP contribution is -2.15. The van der Waals surface area contributed by atoms with Gasteiger partial charge in [-0.15, -0.1) is 0 Å². The van der Waals surface area contributed by atoms with Gasteiger partial charge in [0.25, 0.3) is 5.91 Å². The summed E-state index contributed by atoms with van der Waals surface area (Å²) in [7, 11) is 1.51. The zero-order chi connectivity index (χ0) is 20.8. The number of benzene rings is 2. The van der Waals surface area contributed by atoms with E-state index < -0.39 is 5.97 Å². The van der Waals surface area contributed by atoms with E-state index in [0.717, 1.165) is 0 Å². The Morgan fingerprint density at radius 3 is 1.79 bits per heavy atom. The lowest BCUT2D eigenvalue weighted by Gasteiger charge is -2.19. The van der Waals surface area contributed by atoms with E-state index in [2.05, 4.69) is 5.32 Å². The molecule has 1 amide bonds. The number of methoxy groups -OCH3 is 1. The van der Waals surface area contributed by atoms with Gasteiger partial charge in [0.1, 0.15) is 0 Å². The number of carboxylic acid groups (broad SMARTS) is 1. The molecule has 0 heterocycles. The molecule has 0 radical (unpaired) electrons. The van der Waals surface area contributed by atoms with Gasteiger partial charge in [-0.05, 0) is 64.1 Å². The summed E-state index contributed by atoms with van der Waals surface area (Å²) in [4.78, 5) is 23.7. The van der Waals surface area contributed by atoms with Crippen LogP contribution in [-0.4, -0.2) is 36.3 Å². The number of nitrogens with one attached hydrogen (secondary N) is 1. The largest absolute Gasteiger partial charge is 0.490 e. The van der Waals surface area contributed by atoms with Crippen LogP contribution in [0.2, 0.25) is 0 Å². The molecule has 7 heteroatoms. The van der Waals surface area contributed by atoms with Gasteiger partial charge in [0.15, 0.2) is 11.5 Å². The van der Waals surface area contributed by atoms with Gasteiger partial charge in [-0.3, -0.25) is 4.79 Å². The van der Waals surface area contributed by atoms with Gasteiger partial charge in [0, 0.05) is 11.3 Å². The molecule has 28 heavy (non-hydrogen) atoms. The lowest BCUT2D eigenvalue weighted by atomic mass is 10.1. The molecule has 0 aromatic heterocycles. The van der Waals surface area contributed by atoms with Crippen molar-refractivity contribution in [1.29, 1.82) is 0 Å². The molecular formula is C21H25NO6. The summed E-state index contributed by atoms with van der Waals surface area (Å²) in [6.07, 6.45) is -0.245. The molecule has 0 atom stereocenters. The van der Waals surface area contributed by atoms with Gasteiger partial charge < -0.3 is 24.6 Å². The van der Waals surface area contributed by atoms with Gasteiger partial charge in [0.2, 0.25) is 5.75 Å². The standard InChI is InChI=1S/C21H25NO6/c1-12(2)27-17-10-15(11-18(19(17)26-5)28-13(3)4)20(23)22-16-8-6-14(7-9-16)21(24)25/h6-13H,1-5H3,(H,22,23)(H,24,25). The number of anilines is 1. The Balaban J connectivity index is 2.36. The minimum absolute atomic E-state index is 0.123. The SMILES string of the molecule is COc1c(OC(C)C)cc(C(=O)Nc2ccc(C(=O)O)cc2)cc1OC(C)C. The highest BCUT2D eigenvalue weighted by Gasteiger charge is 2.20. The second-order valence-electron chi connectivity index (χ2n) is 6.68. The van der Waals surface area contributed by atoms with E-state index in [9.17, 15) is 9.59 Å². The maximum Gasteiger partial charge on any atom is 0.335 e. The zero-order valence-corrected chi connectivity index (χ0v) is 16.6. The number of carbonyl (C=O) groups excluding carboxylic acids is 1. The predicted molar refractivity (Wildman–Crippen MR) is 106 cm³/mol. The lowest BCUT2D eigenvalue weighted by molar-refractivity contribution is 0.0696. The monoisotopic (exact) mass is 387 g/mol. The van der Waals surface area contributed by atoms with E-state index in [1.807, 2.05) is 27.7 Å². The first kappa shape index (κ1) is 21.1. The highest BCUT2D eigenvalue weighted by atomic mass is 16.5. The minimum Gasteiger partial charge on any atom is -0.490 e. The van der Waals surface area contributed by atoms with Crippen molar-refractivity contribution < 1.29 is 28.9 Å². The minimum atomic E-state index is -1.03. The smallest absolute Gasteiger partial charge is 0.335 e. The Morgan fingerprint density at radius 1 is 0.893 bits per heavy atom. The van der Waals surface area contributed by atoms with Crippen LogP contribution >= 0.6 is 0 Å². The average Bonchev–Trinajstić information content (AvgIpc) is 2.61. The van der Waals surface area contributed by atoms with Gasteiger partial charge >= 0.3 is 5.97 Å². The van der Waals surface area contributed by atoms with E-state index >= 15 is 0 Å². The fourth-order valence-electron chi connectivity index (χ4n) is 2.49. The molecule has 0 aliphatic rings. The number of hydrogen-bond acceptors (Lipinski definition) is 5. The first-order chi connectivity index (χ1) is 13.2. The quantitative estimate of drug-likeness (QED) is 0.704. The van der Waals surface area contributed by atoms with Gasteiger partial charge in [0.05, 0.1) is 24.9 Å². The van der Waals surface area contributed by atoms with Crippen LogP contribution in [-0.2, 0) is 0 Å². The maximum absolute atomic E-state index is 12.7. The third kappa shape index (κ3) is 5.39. The number of amides is 1. The van der Waals surface area contributed by atoms with Crippen molar-refractivity contribution in [3.8, 4) is 17.2 Å². The molecule has 0 aliphatic carbocycles. The van der Waals surface area contributed by atoms with Crippen LogP contribution in [0.4, 0.5) is 5.69 Å². The van der Waals surface area contributed by atoms with Crippen LogP contribution in [0, 0.1) is 0 Å². The third-order valence-corrected chi connectivity index (χ3v) is 3.60. The normalized spacial score (nSPS) is 10.7. The van der Waals surface area contributed by atoms with Crippen LogP contribution in [0.25, 0.3) is 0 Å². The first-order valence-corrected chi connectivity index (χ1v) is 8.91. The molecule has 0 bridgehead atoms. The van der Waals surface area contributed by atoms with Crippen molar-refractivity contribution in [2.45, 2.75) is 39.9 Å². The van der Waals surface area contributed by atoms with Crippen molar-refractivity contribution in [3.05, 3.63) is 47.5 Å². The molecule has 0 unspecified atom stereocenters. The number of hydrogen-bond donors (Lipinski definition) is 2. The van der Waals surface area contributed by atoms with E-state index in [1.165, 1.54) is 31.4 Å². The summed E-state index contributed by atoms with van der Waals surface area (Å²) >= 11 is 0. The Bertz CT molecular complexity index is 811. The van der Waals surface area contributed by atoms with E-state index in [0.29, 0.717) is 28.5 Å². The van der Waals surface area contributed by atoms with Gasteiger partial charge in [-0.1, -0.05) is 0 Å². The van der Waals surface area contributed by atoms with Crippen molar-refractivity contribution in [2.75, 3.05) is 12.4 Å². The Kier molecular flexibility index (Phi) is 6.87. The Hall–Kier alpha value is -3.22. The molecule has 2 rings (SSSR count). The summed E-state index contributed by atoms with van der Waals surface area (Å²) in [5.74, 6) is -0.180. The molecule has 2 aromatic carbocycles. The van der Waals surface area contributed by atoms with Crippen molar-refractivity contribution >= 4 is 17.6 Å². The van der Waals surface area contributed by atoms with Gasteiger partial charge in [-0.2, -0.15) is 0 Å². The van der Waals surface area contributed by atoms with E-state index in [-0.39, 0.29) is 23.7 Å². The summed E-state index contributed by atoms with van der Waals surface area (Å²) in [6.45, 7) is 7.50. The Labute approximate surface area is 164 Å². The van der Waals surface area contributed by atoms with Gasteiger partial charge in [-0.25, -0.2) is 4.79 Å². The molecule has 2 N–H and O–H groups in total. The van der Waals surface area contributed by atoms with Crippen molar-refractivity contribution in [1.82, 2.24) is 0 Å². The van der Waals surface area contributed by atoms with Crippen LogP contribution in [0.1, 0.15) is 48.4 Å². The molecular weight excluding hydrogens is 362 g/mol. The highest BCUT2D eigenvalue weighted by molar-refractivity contribution is 6.05. The van der Waals surface area contributed by atoms with Crippen LogP contribution in [0.5, 0.6) is 17.2 Å².